The second kappa shape index (κ2) is 3.40. The number of nitrogens with zero attached hydrogens (tertiary/aromatic N) is 1. The fraction of sp³-hybridized carbons (Fsp3) is 0.182. The number of aryl methyl sites for hydroxylation is 1. The molecule has 0 radical (unpaired) electrons. The molecular weight excluding hydrogens is 192 g/mol. The highest BCUT2D eigenvalue weighted by Gasteiger charge is 2.13. The third-order valence-electron chi connectivity index (χ3n) is 2.54. The number of aromatic carboxylic acids is 1. The van der Waals surface area contributed by atoms with E-state index < -0.39 is 5.97 Å². The van der Waals surface area contributed by atoms with Gasteiger partial charge in [0.1, 0.15) is 0 Å². The van der Waals surface area contributed by atoms with Crippen molar-refractivity contribution in [3.8, 4) is 0 Å². The van der Waals surface area contributed by atoms with E-state index in [9.17, 15) is 4.79 Å². The average Bonchev–Trinajstić information content (AvgIpc) is 2.56. The van der Waals surface area contributed by atoms with Crippen LogP contribution in [0.5, 0.6) is 0 Å². The van der Waals surface area contributed by atoms with Crippen LogP contribution in [0.25, 0.3) is 10.9 Å². The van der Waals surface area contributed by atoms with E-state index in [1.165, 1.54) is 0 Å². The van der Waals surface area contributed by atoms with E-state index >= 15 is 0 Å². The molecule has 0 aliphatic carbocycles. The molecule has 0 atom stereocenters. The zero-order valence-electron chi connectivity index (χ0n) is 8.40. The van der Waals surface area contributed by atoms with Crippen LogP contribution in [0, 0.1) is 0 Å². The first-order valence-electron chi connectivity index (χ1n) is 4.65. The highest BCUT2D eigenvalue weighted by Crippen LogP contribution is 2.23. The van der Waals surface area contributed by atoms with E-state index in [2.05, 4.69) is 0 Å². The molecule has 0 aliphatic rings. The minimum atomic E-state index is -0.908. The number of fused-ring (bicyclic) bond motifs is 1. The summed E-state index contributed by atoms with van der Waals surface area (Å²) >= 11 is 0. The Morgan fingerprint density at radius 3 is 2.87 bits per heavy atom. The molecule has 0 amide bonds. The molecule has 4 heteroatoms. The maximum Gasteiger partial charge on any atom is 0.337 e. The van der Waals surface area contributed by atoms with Crippen molar-refractivity contribution in [1.82, 2.24) is 4.57 Å². The Kier molecular flexibility index (Phi) is 2.21. The Morgan fingerprint density at radius 1 is 1.53 bits per heavy atom. The summed E-state index contributed by atoms with van der Waals surface area (Å²) in [4.78, 5) is 11.0. The van der Waals surface area contributed by atoms with E-state index in [1.807, 2.05) is 19.2 Å². The van der Waals surface area contributed by atoms with Gasteiger partial charge in [-0.05, 0) is 5.56 Å². The van der Waals surface area contributed by atoms with Crippen LogP contribution in [0.3, 0.4) is 0 Å². The molecule has 0 saturated carbocycles. The minimum absolute atomic E-state index is 0.322. The van der Waals surface area contributed by atoms with Crippen molar-refractivity contribution in [2.45, 2.75) is 6.54 Å². The summed E-state index contributed by atoms with van der Waals surface area (Å²) in [6.45, 7) is 0.411. The smallest absolute Gasteiger partial charge is 0.337 e. The monoisotopic (exact) mass is 204 g/mol. The van der Waals surface area contributed by atoms with Crippen molar-refractivity contribution in [3.05, 3.63) is 35.5 Å². The van der Waals surface area contributed by atoms with Gasteiger partial charge in [-0.25, -0.2) is 4.79 Å². The molecular formula is C11H12N2O2. The SMILES string of the molecule is Cn1cc(C(=O)O)c2cccc(CN)c21. The quantitative estimate of drug-likeness (QED) is 0.775. The average molecular weight is 204 g/mol. The first-order valence-corrected chi connectivity index (χ1v) is 4.65. The molecule has 0 bridgehead atoms. The molecule has 1 aromatic carbocycles. The van der Waals surface area contributed by atoms with Crippen molar-refractivity contribution >= 4 is 16.9 Å². The van der Waals surface area contributed by atoms with Crippen LogP contribution in [0.1, 0.15) is 15.9 Å². The van der Waals surface area contributed by atoms with Crippen molar-refractivity contribution in [2.75, 3.05) is 0 Å². The van der Waals surface area contributed by atoms with Gasteiger partial charge in [-0.3, -0.25) is 0 Å². The minimum Gasteiger partial charge on any atom is -0.478 e. The van der Waals surface area contributed by atoms with Crippen molar-refractivity contribution in [1.29, 1.82) is 0 Å². The summed E-state index contributed by atoms with van der Waals surface area (Å²) in [6.07, 6.45) is 1.62. The zero-order valence-corrected chi connectivity index (χ0v) is 8.40. The molecule has 1 aromatic heterocycles. The molecule has 0 spiro atoms. The lowest BCUT2D eigenvalue weighted by molar-refractivity contribution is 0.0699. The van der Waals surface area contributed by atoms with Crippen LogP contribution in [0.4, 0.5) is 0 Å². The van der Waals surface area contributed by atoms with Crippen molar-refractivity contribution in [2.24, 2.45) is 12.8 Å². The second-order valence-electron chi connectivity index (χ2n) is 3.48. The highest BCUT2D eigenvalue weighted by molar-refractivity contribution is 6.04. The highest BCUT2D eigenvalue weighted by atomic mass is 16.4. The molecule has 0 fully saturated rings. The molecule has 3 N–H and O–H groups in total. The molecule has 2 aromatic rings. The van der Waals surface area contributed by atoms with Gasteiger partial charge in [-0.1, -0.05) is 18.2 Å². The summed E-state index contributed by atoms with van der Waals surface area (Å²) in [5.41, 5.74) is 7.79. The number of hydrogen-bond acceptors (Lipinski definition) is 2. The van der Waals surface area contributed by atoms with Gasteiger partial charge in [0.05, 0.1) is 11.1 Å². The van der Waals surface area contributed by atoms with E-state index in [1.54, 1.807) is 16.8 Å². The van der Waals surface area contributed by atoms with E-state index in [4.69, 9.17) is 10.8 Å². The van der Waals surface area contributed by atoms with Crippen molar-refractivity contribution in [3.63, 3.8) is 0 Å². The maximum absolute atomic E-state index is 11.0. The van der Waals surface area contributed by atoms with E-state index in [-0.39, 0.29) is 0 Å². The van der Waals surface area contributed by atoms with Gasteiger partial charge in [0, 0.05) is 25.2 Å². The normalized spacial score (nSPS) is 10.8. The third-order valence-corrected chi connectivity index (χ3v) is 2.54. The van der Waals surface area contributed by atoms with Crippen LogP contribution in [0.2, 0.25) is 0 Å². The van der Waals surface area contributed by atoms with Gasteiger partial charge < -0.3 is 15.4 Å². The standard InChI is InChI=1S/C11H12N2O2/c1-13-6-9(11(14)15)8-4-2-3-7(5-12)10(8)13/h2-4,6H,5,12H2,1H3,(H,14,15). The number of carboxylic acids is 1. The number of carboxylic acid groups (broad SMARTS) is 1. The van der Waals surface area contributed by atoms with Crippen LogP contribution < -0.4 is 5.73 Å². The molecule has 2 rings (SSSR count). The number of benzene rings is 1. The number of carbonyl (C=O) groups is 1. The van der Waals surface area contributed by atoms with E-state index in [0.717, 1.165) is 16.5 Å². The summed E-state index contributed by atoms with van der Waals surface area (Å²) in [5.74, 6) is -0.908. The zero-order chi connectivity index (χ0) is 11.0. The maximum atomic E-state index is 11.0. The number of aromatic nitrogens is 1. The number of rotatable bonds is 2. The van der Waals surface area contributed by atoms with Gasteiger partial charge in [-0.2, -0.15) is 0 Å². The first kappa shape index (κ1) is 9.73. The van der Waals surface area contributed by atoms with Crippen LogP contribution in [-0.2, 0) is 13.6 Å². The van der Waals surface area contributed by atoms with Gasteiger partial charge >= 0.3 is 5.97 Å². The van der Waals surface area contributed by atoms with E-state index in [0.29, 0.717) is 12.1 Å². The number of nitrogens with two attached hydrogens (primary N) is 1. The predicted octanol–water partition coefficient (Wildman–Crippen LogP) is 1.34. The Bertz CT molecular complexity index is 529. The molecule has 4 nitrogen and oxygen atoms in total. The van der Waals surface area contributed by atoms with Crippen LogP contribution in [0.15, 0.2) is 24.4 Å². The Morgan fingerprint density at radius 2 is 2.27 bits per heavy atom. The van der Waals surface area contributed by atoms with Gasteiger partial charge in [0.25, 0.3) is 0 Å². The fourth-order valence-electron chi connectivity index (χ4n) is 1.89. The van der Waals surface area contributed by atoms with Gasteiger partial charge in [0.15, 0.2) is 0 Å². The molecule has 0 saturated heterocycles. The summed E-state index contributed by atoms with van der Waals surface area (Å²) < 4.78 is 1.81. The van der Waals surface area contributed by atoms with Gasteiger partial charge in [-0.15, -0.1) is 0 Å². The molecule has 0 aliphatic heterocycles. The second-order valence-corrected chi connectivity index (χ2v) is 3.48. The topological polar surface area (TPSA) is 68.2 Å². The van der Waals surface area contributed by atoms with Gasteiger partial charge in [0.2, 0.25) is 0 Å². The van der Waals surface area contributed by atoms with Crippen LogP contribution >= 0.6 is 0 Å². The Hall–Kier alpha value is -1.81. The lowest BCUT2D eigenvalue weighted by atomic mass is 10.1. The summed E-state index contributed by atoms with van der Waals surface area (Å²) in [7, 11) is 1.83. The number of para-hydroxylation sites is 1. The Labute approximate surface area is 86.9 Å². The molecule has 0 unspecified atom stereocenters. The third kappa shape index (κ3) is 1.39. The predicted molar refractivity (Wildman–Crippen MR) is 57.8 cm³/mol. The first-order chi connectivity index (χ1) is 7.15. The lowest BCUT2D eigenvalue weighted by Gasteiger charge is -2.02. The Balaban J connectivity index is 2.85. The largest absolute Gasteiger partial charge is 0.478 e. The summed E-state index contributed by atoms with van der Waals surface area (Å²) in [6, 6.07) is 5.54. The molecule has 1 heterocycles. The van der Waals surface area contributed by atoms with Crippen molar-refractivity contribution < 1.29 is 9.90 Å². The molecule has 78 valence electrons. The lowest BCUT2D eigenvalue weighted by Crippen LogP contribution is -1.99. The fourth-order valence-corrected chi connectivity index (χ4v) is 1.89. The van der Waals surface area contributed by atoms with Crippen LogP contribution in [-0.4, -0.2) is 15.6 Å². The summed E-state index contributed by atoms with van der Waals surface area (Å²) in [5, 5.41) is 9.76. The number of hydrogen-bond donors (Lipinski definition) is 2. The molecule has 15 heavy (non-hydrogen) atoms.